The first-order valence-corrected chi connectivity index (χ1v) is 8.79. The molecule has 24 heavy (non-hydrogen) atoms. The number of nitrogens with one attached hydrogen (secondary N) is 1. The maximum absolute atomic E-state index is 12.5. The Kier molecular flexibility index (Phi) is 6.67. The topological polar surface area (TPSA) is 41.6 Å². The molecule has 0 aliphatic rings. The third-order valence-electron chi connectivity index (χ3n) is 3.92. The molecule has 2 amide bonds. The number of carbonyl (C=O) groups is 1. The zero-order valence-electron chi connectivity index (χ0n) is 14.3. The van der Waals surface area contributed by atoms with Crippen LogP contribution < -0.4 is 10.1 Å². The lowest BCUT2D eigenvalue weighted by Gasteiger charge is -2.28. The van der Waals surface area contributed by atoms with E-state index in [1.165, 1.54) is 5.56 Å². The number of amides is 2. The second kappa shape index (κ2) is 8.73. The van der Waals surface area contributed by atoms with Crippen LogP contribution in [0.25, 0.3) is 0 Å². The van der Waals surface area contributed by atoms with Crippen molar-refractivity contribution in [2.75, 3.05) is 19.0 Å². The summed E-state index contributed by atoms with van der Waals surface area (Å²) in [5.41, 5.74) is 1.97. The van der Waals surface area contributed by atoms with E-state index < -0.39 is 0 Å². The second-order valence-corrected chi connectivity index (χ2v) is 6.54. The van der Waals surface area contributed by atoms with Crippen molar-refractivity contribution < 1.29 is 9.53 Å². The Hall–Kier alpha value is -2.01. The zero-order valence-corrected chi connectivity index (χ0v) is 15.8. The lowest BCUT2D eigenvalue weighted by atomic mass is 10.1. The van der Waals surface area contributed by atoms with E-state index >= 15 is 0 Å². The number of nitrogens with zero attached hydrogens (tertiary/aromatic N) is 1. The molecule has 0 saturated carbocycles. The molecular formula is C19H23BrN2O2. The van der Waals surface area contributed by atoms with E-state index in [-0.39, 0.29) is 12.1 Å². The van der Waals surface area contributed by atoms with Gasteiger partial charge in [-0.15, -0.1) is 0 Å². The van der Waals surface area contributed by atoms with Crippen molar-refractivity contribution in [3.63, 3.8) is 0 Å². The lowest BCUT2D eigenvalue weighted by Crippen LogP contribution is -2.42. The maximum Gasteiger partial charge on any atom is 0.322 e. The van der Waals surface area contributed by atoms with Crippen LogP contribution in [0.4, 0.5) is 10.5 Å². The molecule has 0 bridgehead atoms. The largest absolute Gasteiger partial charge is 0.497 e. The van der Waals surface area contributed by atoms with Gasteiger partial charge >= 0.3 is 6.03 Å². The quantitative estimate of drug-likeness (QED) is 0.758. The first-order chi connectivity index (χ1) is 11.5. The molecule has 2 aromatic carbocycles. The number of hydrogen-bond donors (Lipinski definition) is 1. The predicted molar refractivity (Wildman–Crippen MR) is 102 cm³/mol. The Bertz CT molecular complexity index is 656. The van der Waals surface area contributed by atoms with Crippen molar-refractivity contribution in [2.45, 2.75) is 26.3 Å². The van der Waals surface area contributed by atoms with Gasteiger partial charge in [0.25, 0.3) is 0 Å². The van der Waals surface area contributed by atoms with Crippen LogP contribution in [0.15, 0.2) is 53.0 Å². The summed E-state index contributed by atoms with van der Waals surface area (Å²) in [7, 11) is 1.66. The molecular weight excluding hydrogens is 368 g/mol. The minimum absolute atomic E-state index is 0.0826. The Balaban J connectivity index is 1.99. The molecule has 1 unspecified atom stereocenters. The Labute approximate surface area is 151 Å². The molecule has 0 heterocycles. The van der Waals surface area contributed by atoms with Crippen LogP contribution in [0.5, 0.6) is 5.75 Å². The lowest BCUT2D eigenvalue weighted by molar-refractivity contribution is 0.196. The first-order valence-electron chi connectivity index (χ1n) is 7.99. The van der Waals surface area contributed by atoms with Gasteiger partial charge in [0.05, 0.1) is 7.11 Å². The van der Waals surface area contributed by atoms with E-state index in [2.05, 4.69) is 28.2 Å². The first kappa shape index (κ1) is 18.3. The summed E-state index contributed by atoms with van der Waals surface area (Å²) in [6.45, 7) is 4.71. The van der Waals surface area contributed by atoms with Gasteiger partial charge in [-0.25, -0.2) is 4.79 Å². The number of halogens is 1. The second-order valence-electron chi connectivity index (χ2n) is 5.62. The van der Waals surface area contributed by atoms with Crippen molar-refractivity contribution in [1.29, 1.82) is 0 Å². The van der Waals surface area contributed by atoms with Gasteiger partial charge in [0.15, 0.2) is 0 Å². The summed E-state index contributed by atoms with van der Waals surface area (Å²) in [6, 6.07) is 15.6. The van der Waals surface area contributed by atoms with E-state index in [4.69, 9.17) is 4.74 Å². The number of anilines is 1. The molecule has 0 radical (unpaired) electrons. The molecule has 2 rings (SSSR count). The Morgan fingerprint density at radius 2 is 1.79 bits per heavy atom. The molecule has 5 heteroatoms. The van der Waals surface area contributed by atoms with Gasteiger partial charge in [0.1, 0.15) is 5.75 Å². The van der Waals surface area contributed by atoms with Gasteiger partial charge in [-0.3, -0.25) is 0 Å². The van der Waals surface area contributed by atoms with E-state index in [1.54, 1.807) is 7.11 Å². The molecule has 0 aliphatic carbocycles. The summed E-state index contributed by atoms with van der Waals surface area (Å²) in [6.07, 6.45) is 0.797. The van der Waals surface area contributed by atoms with Crippen molar-refractivity contribution in [1.82, 2.24) is 4.90 Å². The van der Waals surface area contributed by atoms with E-state index in [0.29, 0.717) is 6.54 Å². The fourth-order valence-electron chi connectivity index (χ4n) is 2.60. The van der Waals surface area contributed by atoms with Crippen LogP contribution in [0.2, 0.25) is 0 Å². The molecule has 1 atom stereocenters. The van der Waals surface area contributed by atoms with Crippen molar-refractivity contribution in [3.05, 3.63) is 58.6 Å². The van der Waals surface area contributed by atoms with Crippen LogP contribution in [0, 0.1) is 0 Å². The molecule has 0 aromatic heterocycles. The van der Waals surface area contributed by atoms with Crippen LogP contribution in [-0.2, 0) is 6.42 Å². The number of likely N-dealkylation sites (N-methyl/N-ethyl adjacent to an activating group) is 1. The third kappa shape index (κ3) is 4.99. The summed E-state index contributed by atoms with van der Waals surface area (Å²) in [5.74, 6) is 0.840. The molecule has 4 nitrogen and oxygen atoms in total. The van der Waals surface area contributed by atoms with E-state index in [1.807, 2.05) is 60.4 Å². The van der Waals surface area contributed by atoms with Gasteiger partial charge in [-0.1, -0.05) is 28.1 Å². The standard InChI is InChI=1S/C19H23BrN2O2/c1-4-22(19(23)21-17-9-7-16(20)8-10-17)14(2)13-15-5-11-18(24-3)12-6-15/h5-12,14H,4,13H2,1-3H3,(H,21,23). The van der Waals surface area contributed by atoms with Crippen LogP contribution in [0.3, 0.4) is 0 Å². The maximum atomic E-state index is 12.5. The minimum Gasteiger partial charge on any atom is -0.497 e. The van der Waals surface area contributed by atoms with Crippen LogP contribution in [-0.4, -0.2) is 30.6 Å². The average Bonchev–Trinajstić information content (AvgIpc) is 2.58. The summed E-state index contributed by atoms with van der Waals surface area (Å²) in [5, 5.41) is 2.95. The van der Waals surface area contributed by atoms with Crippen LogP contribution >= 0.6 is 15.9 Å². The van der Waals surface area contributed by atoms with Gasteiger partial charge in [-0.2, -0.15) is 0 Å². The van der Waals surface area contributed by atoms with Crippen molar-refractivity contribution in [2.24, 2.45) is 0 Å². The number of methoxy groups -OCH3 is 1. The summed E-state index contributed by atoms with van der Waals surface area (Å²) < 4.78 is 6.16. The van der Waals surface area contributed by atoms with Gasteiger partial charge < -0.3 is 15.0 Å². The molecule has 1 N–H and O–H groups in total. The molecule has 0 spiro atoms. The highest BCUT2D eigenvalue weighted by Crippen LogP contribution is 2.17. The molecule has 2 aromatic rings. The fraction of sp³-hybridized carbons (Fsp3) is 0.316. The number of carbonyl (C=O) groups excluding carboxylic acids is 1. The van der Waals surface area contributed by atoms with Gasteiger partial charge in [0, 0.05) is 22.7 Å². The predicted octanol–water partition coefficient (Wildman–Crippen LogP) is 4.94. The van der Waals surface area contributed by atoms with Crippen molar-refractivity contribution in [3.8, 4) is 5.75 Å². The van der Waals surface area contributed by atoms with Gasteiger partial charge in [-0.05, 0) is 62.2 Å². The molecule has 128 valence electrons. The van der Waals surface area contributed by atoms with Crippen LogP contribution in [0.1, 0.15) is 19.4 Å². The SMILES string of the molecule is CCN(C(=O)Nc1ccc(Br)cc1)C(C)Cc1ccc(OC)cc1. The number of urea groups is 1. The Morgan fingerprint density at radius 1 is 1.17 bits per heavy atom. The average molecular weight is 391 g/mol. The molecule has 0 fully saturated rings. The highest BCUT2D eigenvalue weighted by atomic mass is 79.9. The normalized spacial score (nSPS) is 11.7. The number of benzene rings is 2. The highest BCUT2D eigenvalue weighted by Gasteiger charge is 2.19. The molecule has 0 aliphatic heterocycles. The number of rotatable bonds is 6. The summed E-state index contributed by atoms with van der Waals surface area (Å²) >= 11 is 3.39. The highest BCUT2D eigenvalue weighted by molar-refractivity contribution is 9.10. The smallest absolute Gasteiger partial charge is 0.322 e. The monoisotopic (exact) mass is 390 g/mol. The number of hydrogen-bond acceptors (Lipinski definition) is 2. The summed E-state index contributed by atoms with van der Waals surface area (Å²) in [4.78, 5) is 14.4. The van der Waals surface area contributed by atoms with E-state index in [9.17, 15) is 4.79 Å². The Morgan fingerprint density at radius 3 is 2.33 bits per heavy atom. The van der Waals surface area contributed by atoms with Gasteiger partial charge in [0.2, 0.25) is 0 Å². The third-order valence-corrected chi connectivity index (χ3v) is 4.45. The fourth-order valence-corrected chi connectivity index (χ4v) is 2.86. The number of ether oxygens (including phenoxy) is 1. The van der Waals surface area contributed by atoms with Crippen molar-refractivity contribution >= 4 is 27.6 Å². The minimum atomic E-state index is -0.0826. The zero-order chi connectivity index (χ0) is 17.5. The molecule has 0 saturated heterocycles. The van der Waals surface area contributed by atoms with E-state index in [0.717, 1.165) is 22.3 Å².